The van der Waals surface area contributed by atoms with E-state index in [4.69, 9.17) is 11.6 Å². The maximum absolute atomic E-state index is 13.5. The fourth-order valence-corrected chi connectivity index (χ4v) is 3.95. The van der Waals surface area contributed by atoms with Crippen LogP contribution in [0.3, 0.4) is 0 Å². The van der Waals surface area contributed by atoms with Crippen molar-refractivity contribution in [2.24, 2.45) is 0 Å². The number of carbonyl (C=O) groups excluding carboxylic acids is 1. The van der Waals surface area contributed by atoms with Crippen LogP contribution in [0.1, 0.15) is 35.8 Å². The van der Waals surface area contributed by atoms with E-state index in [0.717, 1.165) is 24.2 Å². The number of aryl methyl sites for hydroxylation is 1. The molecule has 0 spiro atoms. The third kappa shape index (κ3) is 4.11. The van der Waals surface area contributed by atoms with Crippen molar-refractivity contribution in [3.05, 3.63) is 65.3 Å². The first-order valence-corrected chi connectivity index (χ1v) is 10.3. The molecule has 1 amide bonds. The van der Waals surface area contributed by atoms with Gasteiger partial charge in [0.1, 0.15) is 11.5 Å². The van der Waals surface area contributed by atoms with Gasteiger partial charge in [0, 0.05) is 43.4 Å². The van der Waals surface area contributed by atoms with E-state index in [1.807, 2.05) is 24.0 Å². The highest BCUT2D eigenvalue weighted by Crippen LogP contribution is 2.27. The number of hydrogen-bond acceptors (Lipinski definition) is 6. The van der Waals surface area contributed by atoms with Gasteiger partial charge in [-0.1, -0.05) is 11.6 Å². The number of hydrogen-bond donors (Lipinski definition) is 1. The van der Waals surface area contributed by atoms with Crippen molar-refractivity contribution in [2.45, 2.75) is 38.8 Å². The van der Waals surface area contributed by atoms with E-state index in [0.29, 0.717) is 28.6 Å². The number of aromatic nitrogens is 4. The molecule has 0 radical (unpaired) electrons. The third-order valence-electron chi connectivity index (χ3n) is 5.46. The molecule has 154 valence electrons. The average molecular weight is 423 g/mol. The fourth-order valence-electron chi connectivity index (χ4n) is 3.84. The quantitative estimate of drug-likeness (QED) is 0.684. The molecular formula is C22H23ClN6O. The highest BCUT2D eigenvalue weighted by molar-refractivity contribution is 6.30. The number of carbonyl (C=O) groups is 1. The zero-order chi connectivity index (χ0) is 21.1. The largest absolute Gasteiger partial charge is 0.365 e. The van der Waals surface area contributed by atoms with Crippen LogP contribution in [0.4, 0.5) is 5.82 Å². The summed E-state index contributed by atoms with van der Waals surface area (Å²) in [6.45, 7) is 4.68. The molecule has 1 aliphatic heterocycles. The summed E-state index contributed by atoms with van der Waals surface area (Å²) in [5.41, 5.74) is 1.99. The zero-order valence-corrected chi connectivity index (χ0v) is 17.7. The molecule has 1 aliphatic rings. The van der Waals surface area contributed by atoms with Gasteiger partial charge in [-0.15, -0.1) is 0 Å². The van der Waals surface area contributed by atoms with Crippen LogP contribution in [-0.2, 0) is 0 Å². The van der Waals surface area contributed by atoms with E-state index in [-0.39, 0.29) is 18.0 Å². The summed E-state index contributed by atoms with van der Waals surface area (Å²) >= 11 is 5.93. The molecule has 4 heterocycles. The monoisotopic (exact) mass is 422 g/mol. The Morgan fingerprint density at radius 1 is 1.13 bits per heavy atom. The second-order valence-electron chi connectivity index (χ2n) is 7.42. The molecule has 1 fully saturated rings. The Kier molecular flexibility index (Phi) is 5.90. The number of nitrogens with zero attached hydrogens (tertiary/aromatic N) is 5. The molecular weight excluding hydrogens is 400 g/mol. The first-order valence-electron chi connectivity index (χ1n) is 9.96. The topological polar surface area (TPSA) is 83.9 Å². The molecule has 0 aliphatic carbocycles. The van der Waals surface area contributed by atoms with Crippen LogP contribution < -0.4 is 5.32 Å². The summed E-state index contributed by atoms with van der Waals surface area (Å²) in [4.78, 5) is 32.9. The first-order chi connectivity index (χ1) is 14.5. The fraction of sp³-hybridized carbons (Fsp3) is 0.318. The van der Waals surface area contributed by atoms with Crippen molar-refractivity contribution in [1.82, 2.24) is 24.8 Å². The number of piperidine rings is 1. The van der Waals surface area contributed by atoms with Gasteiger partial charge in [0.15, 0.2) is 5.82 Å². The molecule has 0 aromatic carbocycles. The van der Waals surface area contributed by atoms with Gasteiger partial charge in [0.25, 0.3) is 5.91 Å². The summed E-state index contributed by atoms with van der Waals surface area (Å²) in [7, 11) is 0. The molecule has 7 nitrogen and oxygen atoms in total. The van der Waals surface area contributed by atoms with E-state index >= 15 is 0 Å². The Morgan fingerprint density at radius 2 is 1.93 bits per heavy atom. The summed E-state index contributed by atoms with van der Waals surface area (Å²) < 4.78 is 0. The molecule has 2 atom stereocenters. The SMILES string of the molecule is Cc1ccnc(C(=O)N2CCC[C@@H](Nc3ccc(Cl)cn3)[C@@H]2C)c1-c1ncccn1. The minimum Gasteiger partial charge on any atom is -0.365 e. The normalized spacial score (nSPS) is 18.8. The van der Waals surface area contributed by atoms with E-state index in [2.05, 4.69) is 32.2 Å². The Hall–Kier alpha value is -3.06. The number of nitrogens with one attached hydrogen (secondary N) is 1. The molecule has 4 rings (SSSR count). The van der Waals surface area contributed by atoms with Crippen LogP contribution in [0.2, 0.25) is 5.02 Å². The second kappa shape index (κ2) is 8.75. The smallest absolute Gasteiger partial charge is 0.273 e. The lowest BCUT2D eigenvalue weighted by Crippen LogP contribution is -2.52. The molecule has 1 saturated heterocycles. The van der Waals surface area contributed by atoms with E-state index in [1.165, 1.54) is 0 Å². The van der Waals surface area contributed by atoms with Gasteiger partial charge in [0.05, 0.1) is 10.6 Å². The van der Waals surface area contributed by atoms with Crippen LogP contribution >= 0.6 is 11.6 Å². The molecule has 3 aromatic rings. The molecule has 1 N–H and O–H groups in total. The number of pyridine rings is 2. The Balaban J connectivity index is 1.60. The summed E-state index contributed by atoms with van der Waals surface area (Å²) in [5, 5.41) is 4.04. The minimum atomic E-state index is -0.107. The van der Waals surface area contributed by atoms with Crippen LogP contribution in [0.15, 0.2) is 49.1 Å². The van der Waals surface area contributed by atoms with Crippen LogP contribution in [0, 0.1) is 6.92 Å². The second-order valence-corrected chi connectivity index (χ2v) is 7.85. The lowest BCUT2D eigenvalue weighted by molar-refractivity contribution is 0.0611. The van der Waals surface area contributed by atoms with Crippen molar-refractivity contribution in [1.29, 1.82) is 0 Å². The maximum atomic E-state index is 13.5. The number of anilines is 1. The standard InChI is InChI=1S/C22H23ClN6O/c1-14-8-11-24-20(19(14)21-25-9-4-10-26-21)22(30)29-12-3-5-17(15(29)2)28-18-7-6-16(23)13-27-18/h4,6-11,13,15,17H,3,5,12H2,1-2H3,(H,27,28)/t15-,17+/m0/s1. The van der Waals surface area contributed by atoms with Crippen molar-refractivity contribution in [3.8, 4) is 11.4 Å². The molecule has 0 bridgehead atoms. The number of rotatable bonds is 4. The van der Waals surface area contributed by atoms with Crippen LogP contribution in [0.25, 0.3) is 11.4 Å². The Morgan fingerprint density at radius 3 is 2.67 bits per heavy atom. The summed E-state index contributed by atoms with van der Waals surface area (Å²) in [6, 6.07) is 7.33. The summed E-state index contributed by atoms with van der Waals surface area (Å²) in [5.74, 6) is 1.15. The molecule has 0 saturated carbocycles. The summed E-state index contributed by atoms with van der Waals surface area (Å²) in [6.07, 6.45) is 8.47. The van der Waals surface area contributed by atoms with Gasteiger partial charge < -0.3 is 10.2 Å². The molecule has 3 aromatic heterocycles. The Labute approximate surface area is 180 Å². The highest BCUT2D eigenvalue weighted by Gasteiger charge is 2.34. The Bertz CT molecular complexity index is 1030. The molecule has 0 unspecified atom stereocenters. The molecule has 8 heteroatoms. The van der Waals surface area contributed by atoms with Gasteiger partial charge in [-0.2, -0.15) is 0 Å². The zero-order valence-electron chi connectivity index (χ0n) is 16.9. The third-order valence-corrected chi connectivity index (χ3v) is 5.68. The van der Waals surface area contributed by atoms with Gasteiger partial charge in [0.2, 0.25) is 0 Å². The van der Waals surface area contributed by atoms with Crippen molar-refractivity contribution in [3.63, 3.8) is 0 Å². The van der Waals surface area contributed by atoms with Crippen molar-refractivity contribution >= 4 is 23.3 Å². The van der Waals surface area contributed by atoms with Crippen LogP contribution in [0.5, 0.6) is 0 Å². The predicted molar refractivity (Wildman–Crippen MR) is 116 cm³/mol. The van der Waals surface area contributed by atoms with Gasteiger partial charge in [-0.05, 0) is 56.5 Å². The predicted octanol–water partition coefficient (Wildman–Crippen LogP) is 4.00. The molecule has 30 heavy (non-hydrogen) atoms. The number of halogens is 1. The number of amides is 1. The van der Waals surface area contributed by atoms with Crippen molar-refractivity contribution < 1.29 is 4.79 Å². The lowest BCUT2D eigenvalue weighted by atomic mass is 9.96. The van der Waals surface area contributed by atoms with Gasteiger partial charge in [-0.25, -0.2) is 15.0 Å². The number of likely N-dealkylation sites (tertiary alicyclic amines) is 1. The lowest BCUT2D eigenvalue weighted by Gasteiger charge is -2.40. The van der Waals surface area contributed by atoms with Crippen LogP contribution in [-0.4, -0.2) is 49.4 Å². The van der Waals surface area contributed by atoms with Gasteiger partial charge >= 0.3 is 0 Å². The minimum absolute atomic E-state index is 0.0319. The van der Waals surface area contributed by atoms with Gasteiger partial charge in [-0.3, -0.25) is 9.78 Å². The first kappa shape index (κ1) is 20.2. The highest BCUT2D eigenvalue weighted by atomic mass is 35.5. The van der Waals surface area contributed by atoms with E-state index in [9.17, 15) is 4.79 Å². The maximum Gasteiger partial charge on any atom is 0.273 e. The average Bonchev–Trinajstić information content (AvgIpc) is 2.76. The van der Waals surface area contributed by atoms with E-state index < -0.39 is 0 Å². The van der Waals surface area contributed by atoms with E-state index in [1.54, 1.807) is 36.9 Å². The van der Waals surface area contributed by atoms with Crippen molar-refractivity contribution in [2.75, 3.05) is 11.9 Å².